The van der Waals surface area contributed by atoms with Crippen LogP contribution in [0.1, 0.15) is 0 Å². The van der Waals surface area contributed by atoms with E-state index in [1.54, 1.807) is 25.2 Å². The van der Waals surface area contributed by atoms with Gasteiger partial charge in [0.2, 0.25) is 0 Å². The quantitative estimate of drug-likeness (QED) is 0.595. The first-order valence-electron chi connectivity index (χ1n) is 3.15. The number of halogens is 1. The predicted octanol–water partition coefficient (Wildman–Crippen LogP) is 1.87. The monoisotopic (exact) mass is 171 g/mol. The molecule has 1 aromatic carbocycles. The van der Waals surface area contributed by atoms with Crippen molar-refractivity contribution in [2.45, 2.75) is 0 Å². The van der Waals surface area contributed by atoms with Crippen LogP contribution in [0.25, 0.3) is 0 Å². The molecule has 2 rings (SSSR count). The van der Waals surface area contributed by atoms with Crippen LogP contribution in [0.4, 0.5) is 0 Å². The molecule has 1 heterocycles. The average Bonchev–Trinajstić information content (AvgIpc) is 2.27. The lowest BCUT2D eigenvalue weighted by atomic mass is 10.3. The van der Waals surface area contributed by atoms with Gasteiger partial charge in [-0.05, 0) is 12.1 Å². The molecule has 1 aromatic rings. The molecular formula is C7H6ClNO2. The van der Waals surface area contributed by atoms with Gasteiger partial charge in [-0.25, -0.2) is 0 Å². The van der Waals surface area contributed by atoms with Crippen molar-refractivity contribution in [3.63, 3.8) is 0 Å². The molecule has 11 heavy (non-hydrogen) atoms. The first-order chi connectivity index (χ1) is 5.25. The second-order valence-corrected chi connectivity index (χ2v) is 2.65. The van der Waals surface area contributed by atoms with Crippen LogP contribution in [-0.4, -0.2) is 12.3 Å². The van der Waals surface area contributed by atoms with Crippen molar-refractivity contribution < 1.29 is 9.68 Å². The van der Waals surface area contributed by atoms with Gasteiger partial charge < -0.3 is 9.68 Å². The van der Waals surface area contributed by atoms with Crippen molar-refractivity contribution >= 4 is 11.6 Å². The van der Waals surface area contributed by atoms with E-state index in [4.69, 9.17) is 21.3 Å². The molecule has 4 heteroatoms. The van der Waals surface area contributed by atoms with Crippen molar-refractivity contribution in [1.29, 1.82) is 0 Å². The number of fused-ring (bicyclic) bond motifs is 1. The molecule has 58 valence electrons. The zero-order valence-corrected chi connectivity index (χ0v) is 6.63. The Hall–Kier alpha value is -0.930. The number of hydrogen-bond donors (Lipinski definition) is 0. The van der Waals surface area contributed by atoms with Crippen LogP contribution in [0.3, 0.4) is 0 Å². The maximum atomic E-state index is 5.72. The standard InChI is InChI=1S/C7H6ClNO2/c1-9-10-6-3-2-5(8)4-7(6)11-9/h2-4H,1H3. The van der Waals surface area contributed by atoms with E-state index in [9.17, 15) is 0 Å². The van der Waals surface area contributed by atoms with Gasteiger partial charge in [0.25, 0.3) is 0 Å². The second-order valence-electron chi connectivity index (χ2n) is 2.21. The Morgan fingerprint density at radius 2 is 2.00 bits per heavy atom. The second kappa shape index (κ2) is 2.29. The highest BCUT2D eigenvalue weighted by atomic mass is 35.5. The summed E-state index contributed by atoms with van der Waals surface area (Å²) >= 11 is 5.72. The van der Waals surface area contributed by atoms with Gasteiger partial charge in [-0.15, -0.1) is 0 Å². The Balaban J connectivity index is 2.43. The molecular weight excluding hydrogens is 166 g/mol. The summed E-state index contributed by atoms with van der Waals surface area (Å²) in [5.74, 6) is 1.34. The van der Waals surface area contributed by atoms with Crippen molar-refractivity contribution in [2.24, 2.45) is 0 Å². The van der Waals surface area contributed by atoms with Crippen molar-refractivity contribution in [2.75, 3.05) is 7.05 Å². The van der Waals surface area contributed by atoms with E-state index in [0.717, 1.165) is 0 Å². The van der Waals surface area contributed by atoms with E-state index < -0.39 is 0 Å². The van der Waals surface area contributed by atoms with Crippen LogP contribution in [-0.2, 0) is 0 Å². The van der Waals surface area contributed by atoms with E-state index in [2.05, 4.69) is 0 Å². The summed E-state index contributed by atoms with van der Waals surface area (Å²) in [6, 6.07) is 5.23. The lowest BCUT2D eigenvalue weighted by Crippen LogP contribution is -2.19. The first-order valence-corrected chi connectivity index (χ1v) is 3.53. The molecule has 0 saturated carbocycles. The van der Waals surface area contributed by atoms with Crippen LogP contribution in [0, 0.1) is 0 Å². The van der Waals surface area contributed by atoms with E-state index >= 15 is 0 Å². The SMILES string of the molecule is CN1Oc2ccc(Cl)cc2O1. The Morgan fingerprint density at radius 3 is 2.82 bits per heavy atom. The third kappa shape index (κ3) is 1.13. The van der Waals surface area contributed by atoms with Gasteiger partial charge in [0.05, 0.1) is 7.05 Å². The molecule has 0 fully saturated rings. The van der Waals surface area contributed by atoms with Crippen LogP contribution in [0.5, 0.6) is 11.5 Å². The minimum absolute atomic E-state index is 0.641. The highest BCUT2D eigenvalue weighted by Crippen LogP contribution is 2.35. The molecule has 0 N–H and O–H groups in total. The topological polar surface area (TPSA) is 21.7 Å². The molecule has 1 aliphatic heterocycles. The van der Waals surface area contributed by atoms with E-state index in [1.165, 1.54) is 5.23 Å². The zero-order valence-electron chi connectivity index (χ0n) is 5.87. The van der Waals surface area contributed by atoms with Crippen LogP contribution in [0.15, 0.2) is 18.2 Å². The summed E-state index contributed by atoms with van der Waals surface area (Å²) in [7, 11) is 1.67. The number of benzene rings is 1. The van der Waals surface area contributed by atoms with Gasteiger partial charge in [0.1, 0.15) is 0 Å². The Labute approximate surface area is 69.0 Å². The minimum atomic E-state index is 0.641. The Bertz CT molecular complexity index is 290. The normalized spacial score (nSPS) is 15.5. The molecule has 0 unspecified atom stereocenters. The highest BCUT2D eigenvalue weighted by Gasteiger charge is 2.18. The summed E-state index contributed by atoms with van der Waals surface area (Å²) in [5.41, 5.74) is 0. The summed E-state index contributed by atoms with van der Waals surface area (Å²) in [4.78, 5) is 10.2. The van der Waals surface area contributed by atoms with Gasteiger partial charge in [0, 0.05) is 16.3 Å². The van der Waals surface area contributed by atoms with Crippen LogP contribution in [0.2, 0.25) is 5.02 Å². The molecule has 0 amide bonds. The van der Waals surface area contributed by atoms with Gasteiger partial charge >= 0.3 is 0 Å². The number of hydroxylamine groups is 2. The lowest BCUT2D eigenvalue weighted by Gasteiger charge is -2.02. The molecule has 1 aliphatic rings. The lowest BCUT2D eigenvalue weighted by molar-refractivity contribution is -0.204. The maximum absolute atomic E-state index is 5.72. The van der Waals surface area contributed by atoms with Gasteiger partial charge in [0.15, 0.2) is 11.5 Å². The molecule has 0 atom stereocenters. The highest BCUT2D eigenvalue weighted by molar-refractivity contribution is 6.30. The van der Waals surface area contributed by atoms with E-state index in [0.29, 0.717) is 16.5 Å². The number of hydrogen-bond acceptors (Lipinski definition) is 3. The van der Waals surface area contributed by atoms with Crippen molar-refractivity contribution in [3.8, 4) is 11.5 Å². The molecule has 0 aromatic heterocycles. The number of nitrogens with zero attached hydrogens (tertiary/aromatic N) is 1. The van der Waals surface area contributed by atoms with Crippen molar-refractivity contribution in [3.05, 3.63) is 23.2 Å². The molecule has 0 radical (unpaired) electrons. The predicted molar refractivity (Wildman–Crippen MR) is 40.5 cm³/mol. The van der Waals surface area contributed by atoms with Gasteiger partial charge in [-0.3, -0.25) is 0 Å². The molecule has 0 saturated heterocycles. The van der Waals surface area contributed by atoms with Gasteiger partial charge in [-0.1, -0.05) is 11.6 Å². The minimum Gasteiger partial charge on any atom is -0.367 e. The fraction of sp³-hybridized carbons (Fsp3) is 0.143. The first kappa shape index (κ1) is 6.76. The number of rotatable bonds is 0. The van der Waals surface area contributed by atoms with E-state index in [-0.39, 0.29) is 0 Å². The summed E-state index contributed by atoms with van der Waals surface area (Å²) in [6.45, 7) is 0. The van der Waals surface area contributed by atoms with Gasteiger partial charge in [-0.2, -0.15) is 0 Å². The zero-order chi connectivity index (χ0) is 7.84. The van der Waals surface area contributed by atoms with E-state index in [1.807, 2.05) is 0 Å². The average molecular weight is 172 g/mol. The fourth-order valence-corrected chi connectivity index (χ4v) is 1.09. The maximum Gasteiger partial charge on any atom is 0.197 e. The molecule has 0 aliphatic carbocycles. The smallest absolute Gasteiger partial charge is 0.197 e. The summed E-state index contributed by atoms with van der Waals surface area (Å²) < 4.78 is 0. The Morgan fingerprint density at radius 1 is 1.27 bits per heavy atom. The molecule has 3 nitrogen and oxygen atoms in total. The Kier molecular flexibility index (Phi) is 1.41. The molecule has 0 spiro atoms. The third-order valence-electron chi connectivity index (χ3n) is 1.36. The van der Waals surface area contributed by atoms with Crippen LogP contribution >= 0.6 is 11.6 Å². The summed E-state index contributed by atoms with van der Waals surface area (Å²) in [6.07, 6.45) is 0. The molecule has 0 bridgehead atoms. The summed E-state index contributed by atoms with van der Waals surface area (Å²) in [5, 5.41) is 1.92. The largest absolute Gasteiger partial charge is 0.367 e. The van der Waals surface area contributed by atoms with Crippen LogP contribution < -0.4 is 9.68 Å². The fourth-order valence-electron chi connectivity index (χ4n) is 0.924. The van der Waals surface area contributed by atoms with Crippen molar-refractivity contribution in [1.82, 2.24) is 5.23 Å². The third-order valence-corrected chi connectivity index (χ3v) is 1.59.